The number of nitrogens with one attached hydrogen (secondary N) is 1. The molecule has 7 nitrogen and oxygen atoms in total. The molecule has 0 aromatic carbocycles. The molecule has 3 N–H and O–H groups in total. The van der Waals surface area contributed by atoms with Gasteiger partial charge in [-0.15, -0.1) is 0 Å². The molecule has 21 heavy (non-hydrogen) atoms. The van der Waals surface area contributed by atoms with Gasteiger partial charge in [0.25, 0.3) is 0 Å². The molecule has 0 aliphatic carbocycles. The number of carbonyl (C=O) groups is 3. The van der Waals surface area contributed by atoms with Crippen molar-refractivity contribution in [3.63, 3.8) is 0 Å². The highest BCUT2D eigenvalue weighted by Crippen LogP contribution is 2.18. The number of amides is 2. The number of carbonyl (C=O) groups excluding carboxylic acids is 3. The first-order valence-corrected chi connectivity index (χ1v) is 7.27. The Kier molecular flexibility index (Phi) is 6.61. The van der Waals surface area contributed by atoms with Gasteiger partial charge in [0.1, 0.15) is 6.04 Å². The van der Waals surface area contributed by atoms with Gasteiger partial charge in [-0.1, -0.05) is 13.8 Å². The average molecular weight is 299 g/mol. The summed E-state index contributed by atoms with van der Waals surface area (Å²) in [6, 6.07) is -1.16. The van der Waals surface area contributed by atoms with E-state index in [4.69, 9.17) is 5.73 Å². The molecule has 1 aliphatic heterocycles. The van der Waals surface area contributed by atoms with Gasteiger partial charge in [-0.2, -0.15) is 0 Å². The maximum Gasteiger partial charge on any atom is 0.328 e. The van der Waals surface area contributed by atoms with Gasteiger partial charge in [0.15, 0.2) is 0 Å². The molecule has 0 bridgehead atoms. The number of nitrogens with zero attached hydrogens (tertiary/aromatic N) is 1. The quantitative estimate of drug-likeness (QED) is 0.652. The summed E-state index contributed by atoms with van der Waals surface area (Å²) in [4.78, 5) is 36.9. The Morgan fingerprint density at radius 2 is 2.05 bits per heavy atom. The third kappa shape index (κ3) is 5.00. The van der Waals surface area contributed by atoms with Gasteiger partial charge in [0.2, 0.25) is 11.8 Å². The van der Waals surface area contributed by atoms with Crippen molar-refractivity contribution in [2.75, 3.05) is 20.2 Å². The third-order valence-corrected chi connectivity index (χ3v) is 3.52. The fourth-order valence-electron chi connectivity index (χ4n) is 2.46. The van der Waals surface area contributed by atoms with Crippen LogP contribution in [0.3, 0.4) is 0 Å². The van der Waals surface area contributed by atoms with Crippen LogP contribution in [0, 0.1) is 5.92 Å². The SMILES string of the molecule is COC(=O)[C@@H]1CCCN1C(=O)CNC(=O)[C@@H](N)CC(C)C. The molecule has 1 aliphatic rings. The maximum absolute atomic E-state index is 12.1. The van der Waals surface area contributed by atoms with Crippen molar-refractivity contribution in [1.82, 2.24) is 10.2 Å². The van der Waals surface area contributed by atoms with Crippen LogP contribution in [0.5, 0.6) is 0 Å². The van der Waals surface area contributed by atoms with E-state index in [0.29, 0.717) is 25.3 Å². The highest BCUT2D eigenvalue weighted by molar-refractivity contribution is 5.90. The molecule has 0 aromatic heterocycles. The maximum atomic E-state index is 12.1. The zero-order chi connectivity index (χ0) is 16.0. The van der Waals surface area contributed by atoms with E-state index in [2.05, 4.69) is 10.1 Å². The summed E-state index contributed by atoms with van der Waals surface area (Å²) >= 11 is 0. The molecule has 0 unspecified atom stereocenters. The van der Waals surface area contributed by atoms with E-state index in [1.54, 1.807) is 0 Å². The van der Waals surface area contributed by atoms with Crippen LogP contribution < -0.4 is 11.1 Å². The Balaban J connectivity index is 2.46. The molecule has 120 valence electrons. The predicted octanol–water partition coefficient (Wildman–Crippen LogP) is -0.360. The topological polar surface area (TPSA) is 102 Å². The monoisotopic (exact) mass is 299 g/mol. The average Bonchev–Trinajstić information content (AvgIpc) is 2.92. The lowest BCUT2D eigenvalue weighted by atomic mass is 10.0. The van der Waals surface area contributed by atoms with E-state index in [1.807, 2.05) is 13.8 Å². The highest BCUT2D eigenvalue weighted by Gasteiger charge is 2.34. The van der Waals surface area contributed by atoms with Crippen molar-refractivity contribution in [1.29, 1.82) is 0 Å². The number of hydrogen-bond donors (Lipinski definition) is 2. The summed E-state index contributed by atoms with van der Waals surface area (Å²) in [6.07, 6.45) is 1.92. The first kappa shape index (κ1) is 17.4. The molecule has 7 heteroatoms. The zero-order valence-corrected chi connectivity index (χ0v) is 12.9. The number of rotatable bonds is 6. The summed E-state index contributed by atoms with van der Waals surface area (Å²) in [6.45, 7) is 4.32. The molecule has 1 heterocycles. The lowest BCUT2D eigenvalue weighted by Crippen LogP contribution is -2.48. The van der Waals surface area contributed by atoms with Gasteiger partial charge in [-0.3, -0.25) is 9.59 Å². The molecular weight excluding hydrogens is 274 g/mol. The molecule has 1 rings (SSSR count). The van der Waals surface area contributed by atoms with E-state index in [-0.39, 0.29) is 18.4 Å². The van der Waals surface area contributed by atoms with Gasteiger partial charge in [0.05, 0.1) is 19.7 Å². The van der Waals surface area contributed by atoms with E-state index in [9.17, 15) is 14.4 Å². The van der Waals surface area contributed by atoms with Crippen molar-refractivity contribution in [3.8, 4) is 0 Å². The van der Waals surface area contributed by atoms with Crippen molar-refractivity contribution < 1.29 is 19.1 Å². The van der Waals surface area contributed by atoms with Gasteiger partial charge >= 0.3 is 5.97 Å². The first-order chi connectivity index (χ1) is 9.86. The van der Waals surface area contributed by atoms with Crippen molar-refractivity contribution in [2.24, 2.45) is 11.7 Å². The van der Waals surface area contributed by atoms with Crippen LogP contribution in [0.2, 0.25) is 0 Å². The molecule has 2 amide bonds. The van der Waals surface area contributed by atoms with Crippen molar-refractivity contribution in [2.45, 2.75) is 45.2 Å². The number of methoxy groups -OCH3 is 1. The number of esters is 1. The second-order valence-corrected chi connectivity index (χ2v) is 5.72. The lowest BCUT2D eigenvalue weighted by molar-refractivity contribution is -0.150. The fourth-order valence-corrected chi connectivity index (χ4v) is 2.46. The van der Waals surface area contributed by atoms with Gasteiger partial charge in [-0.25, -0.2) is 4.79 Å². The summed E-state index contributed by atoms with van der Waals surface area (Å²) in [5.74, 6) is -0.730. The van der Waals surface area contributed by atoms with E-state index < -0.39 is 18.1 Å². The largest absolute Gasteiger partial charge is 0.467 e. The molecular formula is C14H25N3O4. The molecule has 1 saturated heterocycles. The summed E-state index contributed by atoms with van der Waals surface area (Å²) in [5.41, 5.74) is 5.74. The molecule has 2 atom stereocenters. The second kappa shape index (κ2) is 7.97. The zero-order valence-electron chi connectivity index (χ0n) is 12.9. The number of ether oxygens (including phenoxy) is 1. The van der Waals surface area contributed by atoms with E-state index in [0.717, 1.165) is 6.42 Å². The van der Waals surface area contributed by atoms with Gasteiger partial charge in [-0.05, 0) is 25.2 Å². The Morgan fingerprint density at radius 3 is 2.62 bits per heavy atom. The molecule has 0 spiro atoms. The summed E-state index contributed by atoms with van der Waals surface area (Å²) in [7, 11) is 1.30. The minimum atomic E-state index is -0.618. The Hall–Kier alpha value is -1.63. The van der Waals surface area contributed by atoms with Crippen molar-refractivity contribution in [3.05, 3.63) is 0 Å². The Morgan fingerprint density at radius 1 is 1.38 bits per heavy atom. The summed E-state index contributed by atoms with van der Waals surface area (Å²) in [5, 5.41) is 2.53. The highest BCUT2D eigenvalue weighted by atomic mass is 16.5. The number of likely N-dealkylation sites (tertiary alicyclic amines) is 1. The predicted molar refractivity (Wildman–Crippen MR) is 77.2 cm³/mol. The van der Waals surface area contributed by atoms with Crippen molar-refractivity contribution >= 4 is 17.8 Å². The smallest absolute Gasteiger partial charge is 0.328 e. The molecule has 0 radical (unpaired) electrons. The first-order valence-electron chi connectivity index (χ1n) is 7.27. The van der Waals surface area contributed by atoms with Crippen LogP contribution in [-0.2, 0) is 19.1 Å². The van der Waals surface area contributed by atoms with Crippen LogP contribution in [0.1, 0.15) is 33.1 Å². The second-order valence-electron chi connectivity index (χ2n) is 5.72. The van der Waals surface area contributed by atoms with Gasteiger partial charge in [0, 0.05) is 6.54 Å². The normalized spacial score (nSPS) is 19.5. The standard InChI is InChI=1S/C14H25N3O4/c1-9(2)7-10(15)13(19)16-8-12(18)17-6-4-5-11(17)14(20)21-3/h9-11H,4-8,15H2,1-3H3,(H,16,19)/t10-,11-/m0/s1. The number of hydrogen-bond acceptors (Lipinski definition) is 5. The fraction of sp³-hybridized carbons (Fsp3) is 0.786. The van der Waals surface area contributed by atoms with Crippen LogP contribution in [0.4, 0.5) is 0 Å². The minimum Gasteiger partial charge on any atom is -0.467 e. The van der Waals surface area contributed by atoms with Crippen LogP contribution in [-0.4, -0.2) is 55.0 Å². The molecule has 0 saturated carbocycles. The third-order valence-electron chi connectivity index (χ3n) is 3.52. The Bertz CT molecular complexity index is 398. The van der Waals surface area contributed by atoms with Crippen LogP contribution >= 0.6 is 0 Å². The van der Waals surface area contributed by atoms with E-state index >= 15 is 0 Å². The van der Waals surface area contributed by atoms with E-state index in [1.165, 1.54) is 12.0 Å². The molecule has 0 aromatic rings. The van der Waals surface area contributed by atoms with Crippen LogP contribution in [0.15, 0.2) is 0 Å². The summed E-state index contributed by atoms with van der Waals surface area (Å²) < 4.78 is 4.68. The van der Waals surface area contributed by atoms with Crippen LogP contribution in [0.25, 0.3) is 0 Å². The Labute approximate surface area is 125 Å². The number of nitrogens with two attached hydrogens (primary N) is 1. The molecule has 1 fully saturated rings. The van der Waals surface area contributed by atoms with Gasteiger partial charge < -0.3 is 20.7 Å². The lowest BCUT2D eigenvalue weighted by Gasteiger charge is -2.23. The minimum absolute atomic E-state index is 0.141.